The monoisotopic (exact) mass is 1280 g/mol. The predicted octanol–water partition coefficient (Wildman–Crippen LogP) is 14.3. The van der Waals surface area contributed by atoms with Gasteiger partial charge in [-0.05, 0) is 142 Å². The molecule has 1 radical (unpaired) electrons. The minimum atomic E-state index is -1.33. The number of ether oxygens (including phenoxy) is 1. The number of aromatic nitrogens is 3. The van der Waals surface area contributed by atoms with Crippen molar-refractivity contribution in [3.63, 3.8) is 0 Å². The predicted molar refractivity (Wildman–Crippen MR) is 330 cm³/mol. The van der Waals surface area contributed by atoms with Crippen molar-refractivity contribution < 1.29 is 59.8 Å². The number of oxazole rings is 3. The molecule has 0 spiro atoms. The fraction of sp³-hybridized carbons (Fsp3) is 0.210. The second kappa shape index (κ2) is 35.0. The van der Waals surface area contributed by atoms with E-state index in [9.17, 15) is 36.7 Å². The van der Waals surface area contributed by atoms with Crippen LogP contribution in [0.2, 0.25) is 0 Å². The number of aryl methyl sites for hydroxylation is 8. The summed E-state index contributed by atoms with van der Waals surface area (Å²) in [6, 6.07) is 34.7. The number of alkyl halides is 2. The van der Waals surface area contributed by atoms with Gasteiger partial charge in [0.05, 0.1) is 16.8 Å². The Hall–Kier alpha value is -8.67. The molecule has 451 valence electrons. The molecule has 0 saturated heterocycles. The number of phenolic OH excluding ortho intramolecular Hbond substituents is 1. The Kier molecular flexibility index (Phi) is 29.1. The van der Waals surface area contributed by atoms with Crippen LogP contribution >= 0.6 is 40.3 Å². The van der Waals surface area contributed by atoms with Gasteiger partial charge < -0.3 is 40.3 Å². The SMILES string of the molecule is CC(=O)C(C)Cl.Cc1ccc(-c2nc(C)c(C)o2)cc1.Cc1ccc(-c2nc(CBr)c(C)o2)cc1.Cc1ccc(-c2nc(COc3ccc(F)c(C(N)=O)c3F)c(C)o2)cc1.Cc1ccc(C(N)=O)cc1.NC(=O)c1c(F)ccc(O)c1F.[B]=NS. The van der Waals surface area contributed by atoms with E-state index >= 15 is 0 Å². The molecule has 0 fully saturated rings. The molecule has 1 atom stereocenters. The van der Waals surface area contributed by atoms with Crippen LogP contribution in [0.3, 0.4) is 0 Å². The maximum absolute atomic E-state index is 14.2. The van der Waals surface area contributed by atoms with Gasteiger partial charge in [0.15, 0.2) is 23.1 Å². The van der Waals surface area contributed by atoms with Crippen LogP contribution in [0.25, 0.3) is 34.4 Å². The Labute approximate surface area is 515 Å². The van der Waals surface area contributed by atoms with Gasteiger partial charge in [0.25, 0.3) is 11.8 Å². The average Bonchev–Trinajstić information content (AvgIpc) is 4.02. The normalized spacial score (nSPS) is 10.4. The summed E-state index contributed by atoms with van der Waals surface area (Å²) in [5.74, 6) is -4.40. The second-order valence-electron chi connectivity index (χ2n) is 18.5. The van der Waals surface area contributed by atoms with E-state index in [1.165, 1.54) is 18.1 Å². The molecule has 3 amide bonds. The number of hydrogen-bond donors (Lipinski definition) is 5. The van der Waals surface area contributed by atoms with Crippen LogP contribution in [0.15, 0.2) is 139 Å². The molecule has 1 unspecified atom stereocenters. The molecule has 3 aromatic heterocycles. The number of rotatable bonds is 11. The summed E-state index contributed by atoms with van der Waals surface area (Å²) in [5, 5.41) is 9.14. The molecule has 0 aliphatic carbocycles. The Morgan fingerprint density at radius 1 is 0.593 bits per heavy atom. The summed E-state index contributed by atoms with van der Waals surface area (Å²) < 4.78 is 77.8. The van der Waals surface area contributed by atoms with Gasteiger partial charge in [-0.1, -0.05) is 86.7 Å². The van der Waals surface area contributed by atoms with E-state index in [1.807, 2.05) is 95.3 Å². The van der Waals surface area contributed by atoms with E-state index in [-0.39, 0.29) is 29.4 Å². The Bertz CT molecular complexity index is 3700. The number of nitrogens with zero attached hydrogens (tertiary/aromatic N) is 4. The molecule has 6 aromatic carbocycles. The summed E-state index contributed by atoms with van der Waals surface area (Å²) in [6.07, 6.45) is 0. The molecule has 3 heterocycles. The molecule has 0 aliphatic heterocycles. The second-order valence-corrected chi connectivity index (χ2v) is 20.0. The van der Waals surface area contributed by atoms with Gasteiger partial charge in [0.1, 0.15) is 58.1 Å². The van der Waals surface area contributed by atoms with E-state index in [0.717, 1.165) is 80.3 Å². The topological polar surface area (TPSA) is 266 Å². The molecular weight excluding hydrogens is 1220 g/mol. The van der Waals surface area contributed by atoms with Crippen molar-refractivity contribution in [2.45, 2.75) is 86.6 Å². The minimum absolute atomic E-state index is 0.0247. The number of thiol groups is 1. The molecular formula is C62H63BBrClF4N7O9S. The van der Waals surface area contributed by atoms with Crippen molar-refractivity contribution in [2.24, 2.45) is 21.5 Å². The standard InChI is InChI=1S/C19H16F2N2O3.C12H12BrNO.C12H13NO.C8H9NO.C7H5F2NO2.C4H7ClO.BHNS/c1-10-3-5-12(6-4-10)19-23-14(11(2)26-19)9-25-15-8-7-13(20)16(17(15)21)18(22)24;1-8-3-5-10(6-4-8)12-14-11(7-13)9(2)15-12;1-8-4-6-11(7-5-8)12-13-9(2)10(3)14-12;1-6-2-4-7(5-3-6)8(9)10;8-3-1-2-4(11)6(9)5(3)7(10)12;1-3(5)4(2)6;1-2-3/h3-8H,9H2,1-2H3,(H2,22,24);3-6H,7H2,1-2H3;4-7H,1-3H3;2-5H,1H3,(H2,9,10);1-2,11H,(H2,10,12);3H,1-2H3;3H. The van der Waals surface area contributed by atoms with Gasteiger partial charge in [0.2, 0.25) is 23.6 Å². The third-order valence-electron chi connectivity index (χ3n) is 11.7. The van der Waals surface area contributed by atoms with Gasteiger partial charge in [-0.3, -0.25) is 19.2 Å². The molecule has 0 saturated carbocycles. The van der Waals surface area contributed by atoms with Gasteiger partial charge in [0, 0.05) is 27.6 Å². The molecule has 86 heavy (non-hydrogen) atoms. The molecule has 16 nitrogen and oxygen atoms in total. The first kappa shape index (κ1) is 71.6. The molecule has 7 N–H and O–H groups in total. The number of halogens is 6. The number of nitrogens with two attached hydrogens (primary N) is 3. The van der Waals surface area contributed by atoms with Crippen LogP contribution in [0, 0.1) is 78.7 Å². The van der Waals surface area contributed by atoms with Crippen LogP contribution in [-0.4, -0.2) is 56.6 Å². The number of amides is 3. The summed E-state index contributed by atoms with van der Waals surface area (Å²) in [7, 11) is 4.34. The third kappa shape index (κ3) is 22.4. The van der Waals surface area contributed by atoms with Gasteiger partial charge in [-0.25, -0.2) is 32.5 Å². The van der Waals surface area contributed by atoms with E-state index in [0.29, 0.717) is 34.7 Å². The Morgan fingerprint density at radius 3 is 1.28 bits per heavy atom. The molecule has 9 aromatic rings. The van der Waals surface area contributed by atoms with Gasteiger partial charge in [-0.2, -0.15) is 0 Å². The van der Waals surface area contributed by atoms with Crippen molar-refractivity contribution in [3.05, 3.63) is 218 Å². The van der Waals surface area contributed by atoms with Gasteiger partial charge in [-0.15, -0.1) is 11.6 Å². The van der Waals surface area contributed by atoms with Crippen LogP contribution in [-0.2, 0) is 16.7 Å². The first-order chi connectivity index (χ1) is 40.5. The summed E-state index contributed by atoms with van der Waals surface area (Å²) in [4.78, 5) is 55.2. The number of hydrogen-bond acceptors (Lipinski definition) is 14. The number of ketones is 1. The first-order valence-electron chi connectivity index (χ1n) is 25.6. The number of carbonyl (C=O) groups excluding carboxylic acids is 4. The van der Waals surface area contributed by atoms with Crippen molar-refractivity contribution in [1.82, 2.24) is 15.0 Å². The van der Waals surface area contributed by atoms with Crippen LogP contribution in [0.5, 0.6) is 11.5 Å². The van der Waals surface area contributed by atoms with Gasteiger partial charge >= 0.3 is 24.8 Å². The van der Waals surface area contributed by atoms with E-state index in [2.05, 4.69) is 99.5 Å². The zero-order chi connectivity index (χ0) is 64.5. The third-order valence-corrected chi connectivity index (χ3v) is 12.6. The van der Waals surface area contributed by atoms with Crippen LogP contribution in [0.4, 0.5) is 17.6 Å². The number of Topliss-reactive ketones (excluding diaryl/α,β-unsaturated/α-hetero) is 1. The zero-order valence-corrected chi connectivity index (χ0v) is 51.8. The quantitative estimate of drug-likeness (QED) is 0.0350. The molecule has 0 aliphatic rings. The van der Waals surface area contributed by atoms with Crippen LogP contribution in [0.1, 0.15) is 102 Å². The van der Waals surface area contributed by atoms with E-state index in [1.54, 1.807) is 26.0 Å². The van der Waals surface area contributed by atoms with Crippen molar-refractivity contribution in [2.75, 3.05) is 0 Å². The average molecular weight is 1280 g/mol. The van der Waals surface area contributed by atoms with E-state index < -0.39 is 52.0 Å². The van der Waals surface area contributed by atoms with Crippen molar-refractivity contribution in [3.8, 4) is 45.9 Å². The number of carbonyl (C=O) groups is 4. The zero-order valence-electron chi connectivity index (χ0n) is 48.6. The molecule has 9 rings (SSSR count). The Morgan fingerprint density at radius 2 is 0.942 bits per heavy atom. The summed E-state index contributed by atoms with van der Waals surface area (Å²) >= 11 is 11.8. The molecule has 0 bridgehead atoms. The first-order valence-corrected chi connectivity index (χ1v) is 27.6. The number of phenols is 1. The fourth-order valence-corrected chi connectivity index (χ4v) is 7.07. The molecule has 24 heteroatoms. The number of aromatic hydroxyl groups is 1. The number of primary amides is 3. The van der Waals surface area contributed by atoms with Crippen LogP contribution < -0.4 is 21.9 Å². The summed E-state index contributed by atoms with van der Waals surface area (Å²) in [6.45, 7) is 18.6. The number of benzene rings is 6. The summed E-state index contributed by atoms with van der Waals surface area (Å²) in [5.41, 5.74) is 23.4. The van der Waals surface area contributed by atoms with Crippen molar-refractivity contribution in [1.29, 1.82) is 0 Å². The fourth-order valence-electron chi connectivity index (χ4n) is 6.55. The van der Waals surface area contributed by atoms with Crippen molar-refractivity contribution >= 4 is 71.5 Å². The Balaban J connectivity index is 0.000000282. The van der Waals surface area contributed by atoms with E-state index in [4.69, 9.17) is 46.2 Å². The maximum atomic E-state index is 14.2.